The Hall–Kier alpha value is -5.97. The number of amides is 4. The van der Waals surface area contributed by atoms with E-state index in [1.807, 2.05) is 11.0 Å². The first-order valence-corrected chi connectivity index (χ1v) is 22.3. The smallest absolute Gasteiger partial charge is 0.389 e. The minimum atomic E-state index is -4.78. The molecule has 3 aliphatic rings. The van der Waals surface area contributed by atoms with Crippen LogP contribution in [0.1, 0.15) is 65.8 Å². The van der Waals surface area contributed by atoms with E-state index < -0.39 is 46.7 Å². The van der Waals surface area contributed by atoms with Crippen LogP contribution in [0, 0.1) is 11.7 Å². The van der Waals surface area contributed by atoms with Crippen LogP contribution in [0.4, 0.5) is 34.9 Å². The largest absolute Gasteiger partial charge is 0.419 e. The maximum atomic E-state index is 15.2. The number of aldehydes is 1. The van der Waals surface area contributed by atoms with Crippen molar-refractivity contribution in [1.82, 2.24) is 44.5 Å². The molecule has 2 aromatic heterocycles. The van der Waals surface area contributed by atoms with Gasteiger partial charge in [-0.3, -0.25) is 43.6 Å². The van der Waals surface area contributed by atoms with Crippen molar-refractivity contribution in [2.24, 2.45) is 5.92 Å². The van der Waals surface area contributed by atoms with E-state index in [1.165, 1.54) is 55.0 Å². The van der Waals surface area contributed by atoms with Crippen LogP contribution in [0.2, 0.25) is 0 Å². The number of piperazine rings is 1. The molecule has 22 heteroatoms. The van der Waals surface area contributed by atoms with Crippen molar-refractivity contribution < 1.29 is 46.6 Å². The molecule has 3 saturated heterocycles. The zero-order valence-electron chi connectivity index (χ0n) is 36.6. The minimum absolute atomic E-state index is 0.0188. The summed E-state index contributed by atoms with van der Waals surface area (Å²) in [6.45, 7) is 8.28. The Kier molecular flexibility index (Phi) is 14.7. The first-order valence-electron chi connectivity index (χ1n) is 21.5. The molecule has 1 atom stereocenters. The molecule has 7 rings (SSSR count). The van der Waals surface area contributed by atoms with Crippen molar-refractivity contribution in [2.75, 3.05) is 69.6 Å². The van der Waals surface area contributed by atoms with Gasteiger partial charge in [0.2, 0.25) is 23.7 Å². The van der Waals surface area contributed by atoms with Crippen LogP contribution in [0.5, 0.6) is 0 Å². The number of halogens is 4. The molecular formula is C44H51F4N11O6S. The monoisotopic (exact) mass is 937 g/mol. The average molecular weight is 938 g/mol. The van der Waals surface area contributed by atoms with E-state index >= 15 is 4.39 Å². The Balaban J connectivity index is 0.835. The third-order valence-electron chi connectivity index (χ3n) is 11.8. The summed E-state index contributed by atoms with van der Waals surface area (Å²) in [5.41, 5.74) is -1.53. The topological polar surface area (TPSA) is 198 Å². The highest BCUT2D eigenvalue weighted by Gasteiger charge is 2.37. The van der Waals surface area contributed by atoms with Crippen LogP contribution in [-0.4, -0.2) is 141 Å². The van der Waals surface area contributed by atoms with E-state index in [0.717, 1.165) is 63.2 Å². The molecule has 0 radical (unpaired) electrons. The summed E-state index contributed by atoms with van der Waals surface area (Å²) in [5.74, 6) is -2.04. The molecule has 5 heterocycles. The van der Waals surface area contributed by atoms with Crippen LogP contribution < -0.4 is 20.3 Å². The SMILES string of the molecule is CN(C(=O)c1ccc(N2CCN(CC3CCN(C(=O)CNSc4ccc(Nc5ncc(C(F)(F)F)c(-c6cnn(CC(C)(C)O)c6)n5)c(F)c4)CC3)CC2)cc1C=O)C1CCC(=O)NC1=O. The van der Waals surface area contributed by atoms with Gasteiger partial charge in [0.1, 0.15) is 17.4 Å². The highest BCUT2D eigenvalue weighted by Crippen LogP contribution is 2.37. The number of likely N-dealkylation sites (tertiary alicyclic amines) is 1. The number of likely N-dealkylation sites (N-methyl/N-ethyl adjacent to an activating group) is 1. The quantitative estimate of drug-likeness (QED) is 0.0568. The maximum absolute atomic E-state index is 15.2. The van der Waals surface area contributed by atoms with Gasteiger partial charge in [-0.15, -0.1) is 0 Å². The second-order valence-corrected chi connectivity index (χ2v) is 18.2. The standard InChI is InChI=1S/C44H51F4N11O6S/c1-43(2,65)26-59-24-29(20-50-59)39-33(44(46,47)48)21-49-42(54-39)52-35-7-5-31(19-34(35)45)66-51-22-38(62)58-12-10-27(11-13-58)23-56-14-16-57(17-15-56)30-4-6-32(28(18-30)25-60)41(64)55(3)36-8-9-37(61)53-40(36)63/h4-7,18-21,24-25,27,36,51,65H,8-17,22-23,26H2,1-3H3,(H,49,52,54)(H,53,61,63). The molecule has 3 aliphatic heterocycles. The molecule has 4 aromatic rings. The summed E-state index contributed by atoms with van der Waals surface area (Å²) >= 11 is 1.07. The predicted molar refractivity (Wildman–Crippen MR) is 236 cm³/mol. The molecule has 66 heavy (non-hydrogen) atoms. The Labute approximate surface area is 382 Å². The van der Waals surface area contributed by atoms with Crippen LogP contribution in [0.3, 0.4) is 0 Å². The summed E-state index contributed by atoms with van der Waals surface area (Å²) in [6, 6.07) is 8.51. The number of benzene rings is 2. The van der Waals surface area contributed by atoms with E-state index in [-0.39, 0.29) is 66.1 Å². The fraction of sp³-hybridized carbons (Fsp3) is 0.455. The van der Waals surface area contributed by atoms with E-state index in [2.05, 4.69) is 40.2 Å². The fourth-order valence-corrected chi connectivity index (χ4v) is 8.91. The van der Waals surface area contributed by atoms with Crippen LogP contribution in [-0.2, 0) is 27.1 Å². The average Bonchev–Trinajstić information content (AvgIpc) is 3.73. The number of carbonyl (C=O) groups excluding carboxylic acids is 5. The van der Waals surface area contributed by atoms with Gasteiger partial charge in [-0.25, -0.2) is 14.4 Å². The lowest BCUT2D eigenvalue weighted by Crippen LogP contribution is -2.53. The van der Waals surface area contributed by atoms with Crippen molar-refractivity contribution in [3.8, 4) is 11.3 Å². The molecule has 0 spiro atoms. The van der Waals surface area contributed by atoms with Gasteiger partial charge in [0.25, 0.3) is 5.91 Å². The highest BCUT2D eigenvalue weighted by atomic mass is 32.2. The van der Waals surface area contributed by atoms with Crippen molar-refractivity contribution >= 4 is 59.2 Å². The third-order valence-corrected chi connectivity index (χ3v) is 12.5. The second kappa shape index (κ2) is 20.3. The zero-order chi connectivity index (χ0) is 47.3. The van der Waals surface area contributed by atoms with Crippen LogP contribution >= 0.6 is 11.9 Å². The number of anilines is 3. The lowest BCUT2D eigenvalue weighted by molar-refractivity contribution is -0.138. The maximum Gasteiger partial charge on any atom is 0.419 e. The predicted octanol–water partition coefficient (Wildman–Crippen LogP) is 4.36. The normalized spacial score (nSPS) is 17.7. The molecule has 1 unspecified atom stereocenters. The Morgan fingerprint density at radius 1 is 1.02 bits per heavy atom. The first-order chi connectivity index (χ1) is 31.3. The van der Waals surface area contributed by atoms with Gasteiger partial charge in [0.15, 0.2) is 6.29 Å². The summed E-state index contributed by atoms with van der Waals surface area (Å²) in [6.07, 6.45) is 1.05. The number of rotatable bonds is 15. The molecule has 0 bridgehead atoms. The number of imide groups is 1. The van der Waals surface area contributed by atoms with Gasteiger partial charge in [-0.05, 0) is 87.4 Å². The number of hydrogen-bond acceptors (Lipinski definition) is 14. The van der Waals surface area contributed by atoms with Gasteiger partial charge < -0.3 is 25.1 Å². The molecule has 0 saturated carbocycles. The third kappa shape index (κ3) is 11.9. The van der Waals surface area contributed by atoms with Gasteiger partial charge in [0, 0.05) is 93.4 Å². The summed E-state index contributed by atoms with van der Waals surface area (Å²) in [7, 11) is 1.49. The number of aromatic nitrogens is 4. The van der Waals surface area contributed by atoms with Crippen molar-refractivity contribution in [1.29, 1.82) is 0 Å². The van der Waals surface area contributed by atoms with Gasteiger partial charge in [-0.1, -0.05) is 0 Å². The number of piperidine rings is 2. The van der Waals surface area contributed by atoms with Crippen molar-refractivity contribution in [2.45, 2.75) is 68.8 Å². The molecule has 352 valence electrons. The Morgan fingerprint density at radius 2 is 1.76 bits per heavy atom. The van der Waals surface area contributed by atoms with Crippen molar-refractivity contribution in [3.63, 3.8) is 0 Å². The summed E-state index contributed by atoms with van der Waals surface area (Å²) in [5, 5.41) is 19.0. The molecule has 3 fully saturated rings. The van der Waals surface area contributed by atoms with E-state index in [1.54, 1.807) is 18.2 Å². The molecule has 4 amide bonds. The molecular weight excluding hydrogens is 887 g/mol. The number of alkyl halides is 3. The second-order valence-electron chi connectivity index (χ2n) is 17.3. The van der Waals surface area contributed by atoms with E-state index in [4.69, 9.17) is 0 Å². The Morgan fingerprint density at radius 3 is 2.42 bits per heavy atom. The molecule has 4 N–H and O–H groups in total. The molecule has 2 aromatic carbocycles. The number of carbonyl (C=O) groups is 5. The van der Waals surface area contributed by atoms with Crippen LogP contribution in [0.15, 0.2) is 59.9 Å². The van der Waals surface area contributed by atoms with Gasteiger partial charge in [-0.2, -0.15) is 18.3 Å². The van der Waals surface area contributed by atoms with Gasteiger partial charge in [0.05, 0.1) is 41.8 Å². The summed E-state index contributed by atoms with van der Waals surface area (Å²) in [4.78, 5) is 78.3. The zero-order valence-corrected chi connectivity index (χ0v) is 37.4. The van der Waals surface area contributed by atoms with Crippen molar-refractivity contribution in [3.05, 3.63) is 77.5 Å². The summed E-state index contributed by atoms with van der Waals surface area (Å²) < 4.78 is 61.2. The first kappa shape index (κ1) is 48.0. The number of nitrogens with zero attached hydrogens (tertiary/aromatic N) is 8. The van der Waals surface area contributed by atoms with Crippen LogP contribution in [0.25, 0.3) is 11.3 Å². The van der Waals surface area contributed by atoms with E-state index in [9.17, 15) is 42.3 Å². The lowest BCUT2D eigenvalue weighted by Gasteiger charge is -2.39. The number of nitrogens with one attached hydrogen (secondary N) is 3. The number of hydrogen-bond donors (Lipinski definition) is 4. The number of aliphatic hydroxyl groups is 1. The minimum Gasteiger partial charge on any atom is -0.389 e. The van der Waals surface area contributed by atoms with E-state index in [0.29, 0.717) is 36.4 Å². The fourth-order valence-electron chi connectivity index (χ4n) is 8.25. The molecule has 0 aliphatic carbocycles. The Bertz CT molecular complexity index is 2450. The molecule has 17 nitrogen and oxygen atoms in total. The highest BCUT2D eigenvalue weighted by molar-refractivity contribution is 7.97. The van der Waals surface area contributed by atoms with Gasteiger partial charge >= 0.3 is 6.18 Å². The lowest BCUT2D eigenvalue weighted by atomic mass is 9.95.